The quantitative estimate of drug-likeness (QED) is 0.277. The lowest BCUT2D eigenvalue weighted by atomic mass is 9.78. The van der Waals surface area contributed by atoms with E-state index >= 15 is 0 Å². The standard InChI is InChI=1S/C17H20O9/c1-7(2)16(21)23-6-4-3-5-8(18)24-13-11-9(15(19)20)10-12(25-11)14(13)26-17(10)22/h9-14H,1,3-6H2,2H3,(H,19,20). The van der Waals surface area contributed by atoms with Crippen molar-refractivity contribution in [1.29, 1.82) is 0 Å². The van der Waals surface area contributed by atoms with Gasteiger partial charge in [-0.3, -0.25) is 14.4 Å². The molecule has 6 unspecified atom stereocenters. The van der Waals surface area contributed by atoms with Gasteiger partial charge in [0.1, 0.15) is 24.0 Å². The molecule has 0 amide bonds. The molecule has 1 N–H and O–H groups in total. The molecular formula is C17H20O9. The van der Waals surface area contributed by atoms with Crippen LogP contribution in [0.25, 0.3) is 0 Å². The SMILES string of the molecule is C=C(C)C(=O)OCCCCC(=O)OC1C2OC(=O)C3C2OC1C3C(=O)O. The van der Waals surface area contributed by atoms with Crippen molar-refractivity contribution in [2.75, 3.05) is 6.61 Å². The number of fused-ring (bicyclic) bond motifs is 1. The molecule has 142 valence electrons. The van der Waals surface area contributed by atoms with E-state index < -0.39 is 60.1 Å². The Morgan fingerprint density at radius 1 is 1.19 bits per heavy atom. The van der Waals surface area contributed by atoms with Gasteiger partial charge in [-0.15, -0.1) is 0 Å². The lowest BCUT2D eigenvalue weighted by Crippen LogP contribution is -2.47. The third-order valence-corrected chi connectivity index (χ3v) is 4.81. The van der Waals surface area contributed by atoms with Gasteiger partial charge in [0.15, 0.2) is 12.2 Å². The van der Waals surface area contributed by atoms with Crippen molar-refractivity contribution in [2.24, 2.45) is 11.8 Å². The number of esters is 3. The fourth-order valence-electron chi connectivity index (χ4n) is 3.62. The number of carbonyl (C=O) groups is 4. The summed E-state index contributed by atoms with van der Waals surface area (Å²) in [6.07, 6.45) is -2.22. The summed E-state index contributed by atoms with van der Waals surface area (Å²) in [5.74, 6) is -4.70. The molecule has 3 fully saturated rings. The van der Waals surface area contributed by atoms with Gasteiger partial charge < -0.3 is 24.1 Å². The minimum Gasteiger partial charge on any atom is -0.481 e. The summed E-state index contributed by atoms with van der Waals surface area (Å²) in [6, 6.07) is 0. The Hall–Kier alpha value is -2.42. The summed E-state index contributed by atoms with van der Waals surface area (Å²) in [6.45, 7) is 5.17. The van der Waals surface area contributed by atoms with Crippen LogP contribution in [-0.2, 0) is 38.1 Å². The van der Waals surface area contributed by atoms with Gasteiger partial charge in [-0.25, -0.2) is 4.79 Å². The third-order valence-electron chi connectivity index (χ3n) is 4.81. The van der Waals surface area contributed by atoms with E-state index in [4.69, 9.17) is 18.9 Å². The Bertz CT molecular complexity index is 655. The molecule has 9 nitrogen and oxygen atoms in total. The second kappa shape index (κ2) is 7.06. The van der Waals surface area contributed by atoms with Crippen LogP contribution >= 0.6 is 0 Å². The molecule has 0 saturated carbocycles. The topological polar surface area (TPSA) is 125 Å². The van der Waals surface area contributed by atoms with Crippen molar-refractivity contribution in [2.45, 2.75) is 50.6 Å². The monoisotopic (exact) mass is 368 g/mol. The van der Waals surface area contributed by atoms with Crippen molar-refractivity contribution in [1.82, 2.24) is 0 Å². The molecule has 0 aromatic heterocycles. The molecule has 9 heteroatoms. The molecule has 0 aromatic rings. The van der Waals surface area contributed by atoms with Crippen LogP contribution in [0.3, 0.4) is 0 Å². The molecule has 6 atom stereocenters. The lowest BCUT2D eigenvalue weighted by Gasteiger charge is -2.26. The van der Waals surface area contributed by atoms with Crippen LogP contribution in [0.15, 0.2) is 12.2 Å². The number of carboxylic acid groups (broad SMARTS) is 1. The fraction of sp³-hybridized carbons (Fsp3) is 0.647. The smallest absolute Gasteiger partial charge is 0.333 e. The van der Waals surface area contributed by atoms with E-state index in [0.29, 0.717) is 18.4 Å². The van der Waals surface area contributed by atoms with Crippen molar-refractivity contribution in [3.63, 3.8) is 0 Å². The van der Waals surface area contributed by atoms with E-state index in [-0.39, 0.29) is 13.0 Å². The van der Waals surface area contributed by atoms with E-state index in [0.717, 1.165) is 0 Å². The Morgan fingerprint density at radius 2 is 1.92 bits per heavy atom. The Morgan fingerprint density at radius 3 is 2.58 bits per heavy atom. The van der Waals surface area contributed by atoms with Crippen LogP contribution < -0.4 is 0 Å². The van der Waals surface area contributed by atoms with Gasteiger partial charge in [0.2, 0.25) is 0 Å². The van der Waals surface area contributed by atoms with E-state index in [2.05, 4.69) is 6.58 Å². The van der Waals surface area contributed by atoms with E-state index in [1.807, 2.05) is 0 Å². The largest absolute Gasteiger partial charge is 0.481 e. The van der Waals surface area contributed by atoms with Crippen LogP contribution in [0.2, 0.25) is 0 Å². The van der Waals surface area contributed by atoms with Crippen molar-refractivity contribution in [3.05, 3.63) is 12.2 Å². The van der Waals surface area contributed by atoms with Crippen LogP contribution in [0.4, 0.5) is 0 Å². The zero-order valence-corrected chi connectivity index (χ0v) is 14.2. The van der Waals surface area contributed by atoms with Gasteiger partial charge in [0, 0.05) is 12.0 Å². The Balaban J connectivity index is 1.47. The Kier molecular flexibility index (Phi) is 4.99. The molecule has 3 rings (SSSR count). The number of unbranched alkanes of at least 4 members (excludes halogenated alkanes) is 1. The highest BCUT2D eigenvalue weighted by atomic mass is 16.7. The zero-order chi connectivity index (χ0) is 19.0. The average molecular weight is 368 g/mol. The zero-order valence-electron chi connectivity index (χ0n) is 14.2. The van der Waals surface area contributed by atoms with Crippen LogP contribution in [-0.4, -0.2) is 60.0 Å². The minimum atomic E-state index is -1.17. The van der Waals surface area contributed by atoms with Gasteiger partial charge >= 0.3 is 23.9 Å². The molecule has 2 bridgehead atoms. The molecule has 26 heavy (non-hydrogen) atoms. The van der Waals surface area contributed by atoms with E-state index in [1.165, 1.54) is 0 Å². The molecule has 0 radical (unpaired) electrons. The average Bonchev–Trinajstić information content (AvgIpc) is 3.17. The molecule has 0 aliphatic carbocycles. The van der Waals surface area contributed by atoms with Gasteiger partial charge in [0.05, 0.1) is 6.61 Å². The van der Waals surface area contributed by atoms with Crippen molar-refractivity contribution >= 4 is 23.9 Å². The van der Waals surface area contributed by atoms with Crippen molar-refractivity contribution < 1.29 is 43.2 Å². The highest BCUT2D eigenvalue weighted by Crippen LogP contribution is 2.51. The lowest BCUT2D eigenvalue weighted by molar-refractivity contribution is -0.162. The number of rotatable bonds is 8. The number of aliphatic carboxylic acids is 1. The maximum Gasteiger partial charge on any atom is 0.333 e. The van der Waals surface area contributed by atoms with E-state index in [1.54, 1.807) is 6.92 Å². The highest BCUT2D eigenvalue weighted by molar-refractivity contribution is 5.87. The Labute approximate surface area is 149 Å². The number of carbonyl (C=O) groups excluding carboxylic acids is 3. The van der Waals surface area contributed by atoms with Crippen molar-refractivity contribution in [3.8, 4) is 0 Å². The molecule has 0 aromatic carbocycles. The summed E-state index contributed by atoms with van der Waals surface area (Å²) in [4.78, 5) is 46.5. The number of hydrogen-bond acceptors (Lipinski definition) is 8. The fourth-order valence-corrected chi connectivity index (χ4v) is 3.62. The molecule has 3 heterocycles. The summed E-state index contributed by atoms with van der Waals surface area (Å²) in [5, 5.41) is 9.33. The normalized spacial score (nSPS) is 33.7. The maximum atomic E-state index is 12.0. The van der Waals surface area contributed by atoms with E-state index in [9.17, 15) is 24.3 Å². The minimum absolute atomic E-state index is 0.0698. The molecule has 0 spiro atoms. The first-order valence-corrected chi connectivity index (χ1v) is 8.42. The van der Waals surface area contributed by atoms with Gasteiger partial charge in [0.25, 0.3) is 0 Å². The van der Waals surface area contributed by atoms with Gasteiger partial charge in [-0.05, 0) is 19.8 Å². The first-order chi connectivity index (χ1) is 12.3. The number of carboxylic acids is 1. The van der Waals surface area contributed by atoms with Crippen LogP contribution in [0.5, 0.6) is 0 Å². The predicted molar refractivity (Wildman–Crippen MR) is 82.7 cm³/mol. The second-order valence-electron chi connectivity index (χ2n) is 6.68. The molecule has 3 aliphatic heterocycles. The third kappa shape index (κ3) is 3.18. The number of hydrogen-bond donors (Lipinski definition) is 1. The first-order valence-electron chi connectivity index (χ1n) is 8.42. The summed E-state index contributed by atoms with van der Waals surface area (Å²) in [5.41, 5.74) is 0.304. The van der Waals surface area contributed by atoms with Gasteiger partial charge in [-0.2, -0.15) is 0 Å². The number of ether oxygens (including phenoxy) is 4. The highest BCUT2D eigenvalue weighted by Gasteiger charge is 2.71. The predicted octanol–water partition coefficient (Wildman–Crippen LogP) is 0.211. The van der Waals surface area contributed by atoms with Gasteiger partial charge in [-0.1, -0.05) is 6.58 Å². The molecule has 3 saturated heterocycles. The summed E-state index contributed by atoms with van der Waals surface area (Å²) < 4.78 is 21.0. The van der Waals surface area contributed by atoms with Crippen LogP contribution in [0.1, 0.15) is 26.2 Å². The second-order valence-corrected chi connectivity index (χ2v) is 6.68. The van der Waals surface area contributed by atoms with Crippen LogP contribution in [0, 0.1) is 11.8 Å². The summed E-state index contributed by atoms with van der Waals surface area (Å²) >= 11 is 0. The summed E-state index contributed by atoms with van der Waals surface area (Å²) in [7, 11) is 0. The maximum absolute atomic E-state index is 12.0. The molecule has 3 aliphatic rings. The first kappa shape index (κ1) is 18.4. The molecular weight excluding hydrogens is 348 g/mol.